The van der Waals surface area contributed by atoms with Gasteiger partial charge in [-0.05, 0) is 0 Å². The number of hydrogen-bond donors (Lipinski definition) is 0. The number of hydrogen-bond acceptors (Lipinski definition) is 0. The summed E-state index contributed by atoms with van der Waals surface area (Å²) in [6.45, 7) is 11.3. The molecule has 12 heavy (non-hydrogen) atoms. The molecule has 0 saturated heterocycles. The van der Waals surface area contributed by atoms with E-state index in [1.807, 2.05) is 0 Å². The second-order valence-corrected chi connectivity index (χ2v) is 5.09. The Bertz CT molecular complexity index is 245. The molecule has 1 aliphatic carbocycles. The molecule has 0 unspecified atom stereocenters. The van der Waals surface area contributed by atoms with Crippen LogP contribution in [-0.4, -0.2) is 0 Å². The second kappa shape index (κ2) is 3.16. The fourth-order valence-electron chi connectivity index (χ4n) is 2.01. The van der Waals surface area contributed by atoms with Crippen LogP contribution in [0.5, 0.6) is 0 Å². The van der Waals surface area contributed by atoms with E-state index in [2.05, 4.69) is 55.1 Å². The van der Waals surface area contributed by atoms with Gasteiger partial charge in [0.1, 0.15) is 0 Å². The van der Waals surface area contributed by atoms with Gasteiger partial charge >= 0.3 is 87.5 Å². The van der Waals surface area contributed by atoms with Crippen molar-refractivity contribution in [3.63, 3.8) is 0 Å². The van der Waals surface area contributed by atoms with E-state index in [9.17, 15) is 0 Å². The third-order valence-corrected chi connectivity index (χ3v) is 5.22. The first-order chi connectivity index (χ1) is 5.45. The molecule has 0 N–H and O–H groups in total. The summed E-state index contributed by atoms with van der Waals surface area (Å²) >= 11 is 2.36. The van der Waals surface area contributed by atoms with Crippen molar-refractivity contribution in [2.75, 3.05) is 0 Å². The van der Waals surface area contributed by atoms with Gasteiger partial charge in [0.15, 0.2) is 0 Å². The van der Waals surface area contributed by atoms with Gasteiger partial charge in [0.25, 0.3) is 0 Å². The van der Waals surface area contributed by atoms with E-state index >= 15 is 0 Å². The quantitative estimate of drug-likeness (QED) is 0.561. The van der Waals surface area contributed by atoms with Crippen LogP contribution in [0.1, 0.15) is 41.0 Å². The minimum absolute atomic E-state index is 0.355. The fraction of sp³-hybridized carbons (Fsp3) is 0.636. The molecule has 0 nitrogen and oxygen atoms in total. The SMILES string of the molecule is CC[C]1([Ti])C(C)=C(C)C(C)=C1C. The third-order valence-electron chi connectivity index (χ3n) is 3.50. The van der Waals surface area contributed by atoms with Crippen LogP contribution < -0.4 is 0 Å². The first kappa shape index (κ1) is 10.3. The summed E-state index contributed by atoms with van der Waals surface area (Å²) in [5, 5.41) is 0. The van der Waals surface area contributed by atoms with Crippen molar-refractivity contribution in [1.82, 2.24) is 0 Å². The van der Waals surface area contributed by atoms with Gasteiger partial charge in [-0.15, -0.1) is 0 Å². The van der Waals surface area contributed by atoms with Crippen LogP contribution in [-0.2, 0) is 20.4 Å². The Hall–Kier alpha value is 0.194. The van der Waals surface area contributed by atoms with Crippen molar-refractivity contribution >= 4 is 0 Å². The summed E-state index contributed by atoms with van der Waals surface area (Å²) in [6, 6.07) is 0. The van der Waals surface area contributed by atoms with Crippen molar-refractivity contribution in [1.29, 1.82) is 0 Å². The second-order valence-electron chi connectivity index (χ2n) is 3.76. The van der Waals surface area contributed by atoms with E-state index in [0.29, 0.717) is 3.72 Å². The van der Waals surface area contributed by atoms with Gasteiger partial charge in [0, 0.05) is 0 Å². The average molecular weight is 197 g/mol. The molecule has 0 aromatic heterocycles. The zero-order valence-electron chi connectivity index (χ0n) is 8.71. The molecule has 1 aliphatic rings. The molecule has 0 bridgehead atoms. The average Bonchev–Trinajstić information content (AvgIpc) is 2.22. The third kappa shape index (κ3) is 1.17. The summed E-state index contributed by atoms with van der Waals surface area (Å²) in [5.74, 6) is 0. The Morgan fingerprint density at radius 1 is 1.00 bits per heavy atom. The Kier molecular flexibility index (Phi) is 2.70. The fourth-order valence-corrected chi connectivity index (χ4v) is 2.60. The summed E-state index contributed by atoms with van der Waals surface area (Å²) in [7, 11) is 0. The molecule has 0 aromatic rings. The van der Waals surface area contributed by atoms with Crippen molar-refractivity contribution < 1.29 is 20.4 Å². The number of allylic oxidation sites excluding steroid dienone is 4. The van der Waals surface area contributed by atoms with E-state index < -0.39 is 0 Å². The molecule has 0 amide bonds. The predicted octanol–water partition coefficient (Wildman–Crippen LogP) is 3.79. The van der Waals surface area contributed by atoms with E-state index in [1.54, 1.807) is 11.1 Å². The van der Waals surface area contributed by atoms with Crippen LogP contribution in [0.4, 0.5) is 0 Å². The Morgan fingerprint density at radius 2 is 1.33 bits per heavy atom. The van der Waals surface area contributed by atoms with Crippen LogP contribution in [0.25, 0.3) is 0 Å². The summed E-state index contributed by atoms with van der Waals surface area (Å²) in [4.78, 5) is 0. The van der Waals surface area contributed by atoms with E-state index in [4.69, 9.17) is 0 Å². The number of rotatable bonds is 1. The van der Waals surface area contributed by atoms with Crippen LogP contribution in [0.2, 0.25) is 3.72 Å². The minimum atomic E-state index is 0.355. The first-order valence-electron chi connectivity index (χ1n) is 4.56. The monoisotopic (exact) mass is 197 g/mol. The molecule has 0 fully saturated rings. The topological polar surface area (TPSA) is 0 Å². The molecule has 0 heterocycles. The molecule has 0 saturated carbocycles. The van der Waals surface area contributed by atoms with Gasteiger partial charge in [-0.25, -0.2) is 0 Å². The first-order valence-corrected chi connectivity index (χ1v) is 5.34. The van der Waals surface area contributed by atoms with Gasteiger partial charge < -0.3 is 0 Å². The Labute approximate surface area is 87.5 Å². The molecule has 0 aromatic carbocycles. The van der Waals surface area contributed by atoms with Gasteiger partial charge in [0.2, 0.25) is 0 Å². The van der Waals surface area contributed by atoms with Crippen molar-refractivity contribution in [3.8, 4) is 0 Å². The van der Waals surface area contributed by atoms with Crippen molar-refractivity contribution in [2.24, 2.45) is 0 Å². The van der Waals surface area contributed by atoms with Crippen LogP contribution in [0.15, 0.2) is 22.3 Å². The summed E-state index contributed by atoms with van der Waals surface area (Å²) in [6.07, 6.45) is 1.22. The summed E-state index contributed by atoms with van der Waals surface area (Å²) < 4.78 is 0.355. The molecule has 1 rings (SSSR count). The maximum atomic E-state index is 2.36. The molecular formula is C11H17Ti. The normalized spacial score (nSPS) is 22.3. The van der Waals surface area contributed by atoms with E-state index in [-0.39, 0.29) is 0 Å². The molecule has 0 radical (unpaired) electrons. The maximum absolute atomic E-state index is 2.36. The predicted molar refractivity (Wildman–Crippen MR) is 49.7 cm³/mol. The van der Waals surface area contributed by atoms with Crippen molar-refractivity contribution in [2.45, 2.75) is 44.8 Å². The molecule has 65 valence electrons. The van der Waals surface area contributed by atoms with E-state index in [1.165, 1.54) is 17.6 Å². The Balaban J connectivity index is 3.25. The molecule has 1 heteroatoms. The summed E-state index contributed by atoms with van der Waals surface area (Å²) in [5.41, 5.74) is 6.16. The van der Waals surface area contributed by atoms with Gasteiger partial charge in [-0.1, -0.05) is 0 Å². The zero-order valence-corrected chi connectivity index (χ0v) is 10.3. The molecule has 0 spiro atoms. The van der Waals surface area contributed by atoms with Crippen molar-refractivity contribution in [3.05, 3.63) is 22.3 Å². The van der Waals surface area contributed by atoms with Gasteiger partial charge in [0.05, 0.1) is 0 Å². The zero-order chi connectivity index (χ0) is 9.52. The molecule has 0 atom stereocenters. The van der Waals surface area contributed by atoms with E-state index in [0.717, 1.165) is 0 Å². The standard InChI is InChI=1S/C11H17.Ti/c1-6-11-9(4)7(2)8(3)10(11)5;/h6H2,1-5H3;. The van der Waals surface area contributed by atoms with Gasteiger partial charge in [-0.3, -0.25) is 0 Å². The molecule has 0 aliphatic heterocycles. The van der Waals surface area contributed by atoms with Gasteiger partial charge in [-0.2, -0.15) is 0 Å². The van der Waals surface area contributed by atoms with Crippen LogP contribution in [0.3, 0.4) is 0 Å². The van der Waals surface area contributed by atoms with Crippen LogP contribution in [0, 0.1) is 0 Å². The van der Waals surface area contributed by atoms with Crippen LogP contribution >= 0.6 is 0 Å². The Morgan fingerprint density at radius 3 is 1.50 bits per heavy atom. The molecular weight excluding hydrogens is 180 g/mol.